The second-order valence-corrected chi connectivity index (χ2v) is 7.02. The average molecular weight is 437 g/mol. The van der Waals surface area contributed by atoms with Crippen molar-refractivity contribution in [2.24, 2.45) is 0 Å². The summed E-state index contributed by atoms with van der Waals surface area (Å²) < 4.78 is 16.4. The molecule has 0 aromatic heterocycles. The van der Waals surface area contributed by atoms with E-state index >= 15 is 0 Å². The number of hydrogen-bond donors (Lipinski definition) is 1. The Kier molecular flexibility index (Phi) is 7.65. The highest BCUT2D eigenvalue weighted by molar-refractivity contribution is 6.10. The molecule has 1 heterocycles. The van der Waals surface area contributed by atoms with E-state index in [2.05, 4.69) is 12.2 Å². The number of anilines is 1. The van der Waals surface area contributed by atoms with Crippen LogP contribution in [0.5, 0.6) is 17.2 Å². The Balaban J connectivity index is 1.74. The molecule has 2 aromatic carbocycles. The van der Waals surface area contributed by atoms with Crippen molar-refractivity contribution in [1.29, 1.82) is 5.26 Å². The van der Waals surface area contributed by atoms with Crippen molar-refractivity contribution in [3.05, 3.63) is 57.6 Å². The van der Waals surface area contributed by atoms with Gasteiger partial charge in [-0.2, -0.15) is 5.26 Å². The van der Waals surface area contributed by atoms with Crippen molar-refractivity contribution in [3.63, 3.8) is 0 Å². The molecule has 0 aliphatic carbocycles. The van der Waals surface area contributed by atoms with Gasteiger partial charge >= 0.3 is 0 Å². The molecule has 0 bridgehead atoms. The van der Waals surface area contributed by atoms with Crippen LogP contribution in [-0.4, -0.2) is 30.7 Å². The summed E-state index contributed by atoms with van der Waals surface area (Å²) in [4.78, 5) is 23.4. The summed E-state index contributed by atoms with van der Waals surface area (Å²) in [6.45, 7) is 3.32. The first-order chi connectivity index (χ1) is 15.5. The van der Waals surface area contributed by atoms with E-state index in [9.17, 15) is 20.2 Å². The number of nitrogens with one attached hydrogen (secondary N) is 1. The van der Waals surface area contributed by atoms with Crippen molar-refractivity contribution in [3.8, 4) is 23.3 Å². The number of nitriles is 1. The highest BCUT2D eigenvalue weighted by Gasteiger charge is 2.24. The lowest BCUT2D eigenvalue weighted by molar-refractivity contribution is -0.384. The molecule has 9 heteroatoms. The number of fused-ring (bicyclic) bond motifs is 1. The van der Waals surface area contributed by atoms with Crippen LogP contribution in [0.25, 0.3) is 6.08 Å². The lowest BCUT2D eigenvalue weighted by atomic mass is 10.1. The lowest BCUT2D eigenvalue weighted by Gasteiger charge is -2.19. The van der Waals surface area contributed by atoms with Gasteiger partial charge in [0.1, 0.15) is 36.3 Å². The van der Waals surface area contributed by atoms with Crippen LogP contribution >= 0.6 is 0 Å². The topological polar surface area (TPSA) is 124 Å². The van der Waals surface area contributed by atoms with Gasteiger partial charge in [-0.15, -0.1) is 0 Å². The molecule has 2 aromatic rings. The van der Waals surface area contributed by atoms with Crippen LogP contribution in [0.15, 0.2) is 42.0 Å². The minimum atomic E-state index is -0.771. The van der Waals surface area contributed by atoms with Crippen LogP contribution in [0, 0.1) is 21.4 Å². The predicted octanol–water partition coefficient (Wildman–Crippen LogP) is 4.48. The Morgan fingerprint density at radius 2 is 1.91 bits per heavy atom. The molecule has 0 saturated carbocycles. The Morgan fingerprint density at radius 1 is 1.22 bits per heavy atom. The number of carbonyl (C=O) groups is 1. The van der Waals surface area contributed by atoms with Crippen LogP contribution in [-0.2, 0) is 4.79 Å². The Labute approximate surface area is 185 Å². The van der Waals surface area contributed by atoms with Gasteiger partial charge in [-0.05, 0) is 30.2 Å². The molecule has 0 saturated heterocycles. The second-order valence-electron chi connectivity index (χ2n) is 7.02. The van der Waals surface area contributed by atoms with Gasteiger partial charge in [-0.3, -0.25) is 14.9 Å². The van der Waals surface area contributed by atoms with Gasteiger partial charge in [0.2, 0.25) is 0 Å². The maximum absolute atomic E-state index is 12.6. The lowest BCUT2D eigenvalue weighted by Crippen LogP contribution is -2.18. The van der Waals surface area contributed by atoms with Gasteiger partial charge in [-0.25, -0.2) is 0 Å². The third kappa shape index (κ3) is 5.76. The maximum Gasteiger partial charge on any atom is 0.296 e. The zero-order valence-electron chi connectivity index (χ0n) is 17.6. The number of nitrogens with zero attached hydrogens (tertiary/aromatic N) is 2. The summed E-state index contributed by atoms with van der Waals surface area (Å²) in [5, 5.41) is 23.3. The molecule has 0 radical (unpaired) electrons. The summed E-state index contributed by atoms with van der Waals surface area (Å²) in [7, 11) is 0. The molecule has 0 spiro atoms. The van der Waals surface area contributed by atoms with Crippen molar-refractivity contribution in [1.82, 2.24) is 0 Å². The molecular weight excluding hydrogens is 414 g/mol. The van der Waals surface area contributed by atoms with Gasteiger partial charge < -0.3 is 19.5 Å². The smallest absolute Gasteiger partial charge is 0.296 e. The molecule has 32 heavy (non-hydrogen) atoms. The first-order valence-electron chi connectivity index (χ1n) is 10.3. The fraction of sp³-hybridized carbons (Fsp3) is 0.304. The van der Waals surface area contributed by atoms with Crippen LogP contribution in [0.3, 0.4) is 0 Å². The van der Waals surface area contributed by atoms with E-state index in [1.165, 1.54) is 18.2 Å². The SMILES string of the molecule is CCCCCOc1ccc(/C=C(\C#N)C(=O)Nc2cc3c(cc2[N+](=O)[O-])OCCO3)cc1. The summed E-state index contributed by atoms with van der Waals surface area (Å²) in [6, 6.07) is 11.3. The fourth-order valence-corrected chi connectivity index (χ4v) is 3.04. The molecule has 1 aliphatic rings. The van der Waals surface area contributed by atoms with Crippen molar-refractivity contribution in [2.45, 2.75) is 26.2 Å². The molecule has 3 rings (SSSR count). The van der Waals surface area contributed by atoms with E-state index in [0.29, 0.717) is 24.5 Å². The predicted molar refractivity (Wildman–Crippen MR) is 118 cm³/mol. The van der Waals surface area contributed by atoms with E-state index in [-0.39, 0.29) is 35.1 Å². The molecule has 0 unspecified atom stereocenters. The number of hydrogen-bond acceptors (Lipinski definition) is 7. The summed E-state index contributed by atoms with van der Waals surface area (Å²) in [5.74, 6) is 0.448. The number of carbonyl (C=O) groups excluding carboxylic acids is 1. The number of rotatable bonds is 9. The molecule has 1 N–H and O–H groups in total. The molecule has 0 fully saturated rings. The summed E-state index contributed by atoms with van der Waals surface area (Å²) >= 11 is 0. The second kappa shape index (κ2) is 10.8. The van der Waals surface area contributed by atoms with Crippen molar-refractivity contribution >= 4 is 23.4 Å². The first-order valence-corrected chi connectivity index (χ1v) is 10.3. The largest absolute Gasteiger partial charge is 0.494 e. The number of nitro groups is 1. The molecular formula is C23H23N3O6. The van der Waals surface area contributed by atoms with Crippen molar-refractivity contribution in [2.75, 3.05) is 25.1 Å². The maximum atomic E-state index is 12.6. The van der Waals surface area contributed by atoms with Gasteiger partial charge in [0.05, 0.1) is 17.6 Å². The quantitative estimate of drug-likeness (QED) is 0.202. The van der Waals surface area contributed by atoms with Crippen LogP contribution < -0.4 is 19.5 Å². The van der Waals surface area contributed by atoms with Gasteiger partial charge in [-0.1, -0.05) is 31.9 Å². The molecule has 9 nitrogen and oxygen atoms in total. The zero-order valence-corrected chi connectivity index (χ0v) is 17.6. The number of unbranched alkanes of at least 4 members (excludes halogenated alkanes) is 2. The van der Waals surface area contributed by atoms with Gasteiger partial charge in [0, 0.05) is 6.07 Å². The van der Waals surface area contributed by atoms with Gasteiger partial charge in [0.25, 0.3) is 11.6 Å². The first kappa shape index (κ1) is 22.6. The van der Waals surface area contributed by atoms with Crippen LogP contribution in [0.4, 0.5) is 11.4 Å². The molecule has 0 atom stereocenters. The molecule has 1 amide bonds. The Hall–Kier alpha value is -4.06. The Morgan fingerprint density at radius 3 is 2.53 bits per heavy atom. The Bertz CT molecular complexity index is 1060. The van der Waals surface area contributed by atoms with E-state index in [0.717, 1.165) is 19.3 Å². The zero-order chi connectivity index (χ0) is 22.9. The number of amides is 1. The van der Waals surface area contributed by atoms with E-state index in [1.54, 1.807) is 24.3 Å². The van der Waals surface area contributed by atoms with E-state index in [1.807, 2.05) is 6.07 Å². The third-order valence-corrected chi connectivity index (χ3v) is 4.68. The molecule has 1 aliphatic heterocycles. The van der Waals surface area contributed by atoms with Crippen LogP contribution in [0.2, 0.25) is 0 Å². The number of nitro benzene ring substituents is 1. The fourth-order valence-electron chi connectivity index (χ4n) is 3.04. The van der Waals surface area contributed by atoms with Crippen molar-refractivity contribution < 1.29 is 23.9 Å². The van der Waals surface area contributed by atoms with Gasteiger partial charge in [0.15, 0.2) is 11.5 Å². The highest BCUT2D eigenvalue weighted by Crippen LogP contribution is 2.39. The average Bonchev–Trinajstić information content (AvgIpc) is 2.80. The number of benzene rings is 2. The minimum absolute atomic E-state index is 0.0822. The van der Waals surface area contributed by atoms with Crippen LogP contribution in [0.1, 0.15) is 31.7 Å². The molecule has 166 valence electrons. The standard InChI is InChI=1S/C23H23N3O6/c1-2-3-4-9-30-18-7-5-16(6-8-18)12-17(15-24)23(27)25-19-13-21-22(32-11-10-31-21)14-20(19)26(28)29/h5-8,12-14H,2-4,9-11H2,1H3,(H,25,27)/b17-12+. The summed E-state index contributed by atoms with van der Waals surface area (Å²) in [5.41, 5.74) is -0.0224. The highest BCUT2D eigenvalue weighted by atomic mass is 16.6. The third-order valence-electron chi connectivity index (χ3n) is 4.68. The summed E-state index contributed by atoms with van der Waals surface area (Å²) in [6.07, 6.45) is 4.59. The monoisotopic (exact) mass is 437 g/mol. The minimum Gasteiger partial charge on any atom is -0.494 e. The van der Waals surface area contributed by atoms with E-state index in [4.69, 9.17) is 14.2 Å². The van der Waals surface area contributed by atoms with E-state index < -0.39 is 10.8 Å². The normalized spacial score (nSPS) is 12.6. The number of ether oxygens (including phenoxy) is 3.